The van der Waals surface area contributed by atoms with Crippen molar-refractivity contribution in [2.75, 3.05) is 14.2 Å². The maximum absolute atomic E-state index is 13.9. The van der Waals surface area contributed by atoms with Gasteiger partial charge in [-0.3, -0.25) is 14.6 Å². The summed E-state index contributed by atoms with van der Waals surface area (Å²) in [5, 5.41) is 3.23. The first kappa shape index (κ1) is 25.2. The number of rotatable bonds is 9. The van der Waals surface area contributed by atoms with Crippen LogP contribution in [0.15, 0.2) is 72.9 Å². The topological polar surface area (TPSA) is 80.8 Å². The Morgan fingerprint density at radius 2 is 1.67 bits per heavy atom. The minimum atomic E-state index is -0.872. The van der Waals surface area contributed by atoms with Crippen molar-refractivity contribution >= 4 is 11.8 Å². The third-order valence-corrected chi connectivity index (χ3v) is 6.55. The highest BCUT2D eigenvalue weighted by atomic mass is 16.5. The zero-order valence-electron chi connectivity index (χ0n) is 20.9. The normalized spacial score (nSPS) is 14.5. The van der Waals surface area contributed by atoms with E-state index in [-0.39, 0.29) is 30.1 Å². The van der Waals surface area contributed by atoms with Gasteiger partial charge in [0.15, 0.2) is 0 Å². The van der Waals surface area contributed by atoms with Crippen molar-refractivity contribution in [2.45, 2.75) is 50.7 Å². The van der Waals surface area contributed by atoms with Gasteiger partial charge in [0.25, 0.3) is 5.91 Å². The number of ether oxygens (including phenoxy) is 2. The molecule has 1 aromatic heterocycles. The lowest BCUT2D eigenvalue weighted by molar-refractivity contribution is -0.127. The summed E-state index contributed by atoms with van der Waals surface area (Å²) >= 11 is 0. The molecule has 0 aliphatic heterocycles. The third-order valence-electron chi connectivity index (χ3n) is 6.55. The van der Waals surface area contributed by atoms with Gasteiger partial charge in [0.05, 0.1) is 14.2 Å². The van der Waals surface area contributed by atoms with Crippen LogP contribution in [0.4, 0.5) is 0 Å². The molecule has 2 aromatic carbocycles. The van der Waals surface area contributed by atoms with Crippen LogP contribution in [0.3, 0.4) is 0 Å². The largest absolute Gasteiger partial charge is 0.497 e. The molecule has 1 N–H and O–H groups in total. The fourth-order valence-electron chi connectivity index (χ4n) is 4.70. The Labute approximate surface area is 212 Å². The lowest BCUT2D eigenvalue weighted by Crippen LogP contribution is -2.47. The Balaban J connectivity index is 1.77. The van der Waals surface area contributed by atoms with Crippen LogP contribution < -0.4 is 14.8 Å². The number of nitrogens with zero attached hydrogens (tertiary/aromatic N) is 2. The van der Waals surface area contributed by atoms with E-state index in [1.807, 2.05) is 48.5 Å². The molecule has 1 heterocycles. The Hall–Kier alpha value is -3.87. The molecule has 0 radical (unpaired) electrons. The van der Waals surface area contributed by atoms with Gasteiger partial charge in [-0.15, -0.1) is 0 Å². The maximum atomic E-state index is 13.9. The van der Waals surface area contributed by atoms with Gasteiger partial charge in [0, 0.05) is 18.8 Å². The predicted molar refractivity (Wildman–Crippen MR) is 138 cm³/mol. The average Bonchev–Trinajstić information content (AvgIpc) is 2.93. The van der Waals surface area contributed by atoms with E-state index in [1.54, 1.807) is 43.5 Å². The van der Waals surface area contributed by atoms with Crippen LogP contribution in [-0.2, 0) is 11.3 Å². The molecule has 188 valence electrons. The molecule has 1 aliphatic carbocycles. The monoisotopic (exact) mass is 487 g/mol. The van der Waals surface area contributed by atoms with Gasteiger partial charge >= 0.3 is 0 Å². The molecule has 0 unspecified atom stereocenters. The molecule has 0 saturated heterocycles. The van der Waals surface area contributed by atoms with E-state index in [2.05, 4.69) is 10.3 Å². The SMILES string of the molecule is COc1cccc(CN(C(=O)c2ccccn2)[C@@H](C(=O)NC2CCCCC2)c2cccc(OC)c2)c1. The molecular weight excluding hydrogens is 454 g/mol. The minimum Gasteiger partial charge on any atom is -0.497 e. The summed E-state index contributed by atoms with van der Waals surface area (Å²) in [5.74, 6) is 0.768. The van der Waals surface area contributed by atoms with Crippen molar-refractivity contribution in [3.63, 3.8) is 0 Å². The van der Waals surface area contributed by atoms with E-state index in [9.17, 15) is 9.59 Å². The Kier molecular flexibility index (Phi) is 8.55. The number of hydrogen-bond donors (Lipinski definition) is 1. The molecular formula is C29H33N3O4. The zero-order chi connectivity index (χ0) is 25.3. The van der Waals surface area contributed by atoms with Gasteiger partial charge in [0.1, 0.15) is 23.2 Å². The summed E-state index contributed by atoms with van der Waals surface area (Å²) < 4.78 is 10.8. The molecule has 1 fully saturated rings. The lowest BCUT2D eigenvalue weighted by Gasteiger charge is -2.33. The molecule has 4 rings (SSSR count). The van der Waals surface area contributed by atoms with E-state index >= 15 is 0 Å². The standard InChI is InChI=1S/C29H33N3O4/c1-35-24-14-8-10-21(18-24)20-32(29(34)26-16-6-7-17-30-26)27(22-11-9-15-25(19-22)36-2)28(33)31-23-12-4-3-5-13-23/h6-11,14-19,23,27H,3-5,12-13,20H2,1-2H3,(H,31,33)/t27-/m1/s1. The second-order valence-electron chi connectivity index (χ2n) is 9.02. The summed E-state index contributed by atoms with van der Waals surface area (Å²) in [4.78, 5) is 33.7. The molecule has 36 heavy (non-hydrogen) atoms. The first-order valence-corrected chi connectivity index (χ1v) is 12.4. The molecule has 7 heteroatoms. The zero-order valence-corrected chi connectivity index (χ0v) is 20.9. The van der Waals surface area contributed by atoms with Crippen LogP contribution in [0, 0.1) is 0 Å². The number of nitrogens with one attached hydrogen (secondary N) is 1. The van der Waals surface area contributed by atoms with Crippen molar-refractivity contribution in [3.05, 3.63) is 89.7 Å². The van der Waals surface area contributed by atoms with Gasteiger partial charge in [0.2, 0.25) is 5.91 Å². The van der Waals surface area contributed by atoms with Gasteiger partial charge in [-0.25, -0.2) is 0 Å². The van der Waals surface area contributed by atoms with Crippen LogP contribution in [0.25, 0.3) is 0 Å². The van der Waals surface area contributed by atoms with Crippen LogP contribution in [0.2, 0.25) is 0 Å². The summed E-state index contributed by atoms with van der Waals surface area (Å²) in [7, 11) is 3.19. The van der Waals surface area contributed by atoms with Crippen molar-refractivity contribution in [3.8, 4) is 11.5 Å². The fraction of sp³-hybridized carbons (Fsp3) is 0.345. The third kappa shape index (κ3) is 6.22. The molecule has 0 bridgehead atoms. The molecule has 1 saturated carbocycles. The van der Waals surface area contributed by atoms with Crippen LogP contribution >= 0.6 is 0 Å². The Morgan fingerprint density at radius 1 is 0.944 bits per heavy atom. The number of carbonyl (C=O) groups is 2. The van der Waals surface area contributed by atoms with Crippen LogP contribution in [0.5, 0.6) is 11.5 Å². The Bertz CT molecular complexity index is 1160. The summed E-state index contributed by atoms with van der Waals surface area (Å²) in [6, 6.07) is 19.3. The lowest BCUT2D eigenvalue weighted by atomic mass is 9.94. The van der Waals surface area contributed by atoms with Crippen molar-refractivity contribution in [1.82, 2.24) is 15.2 Å². The number of benzene rings is 2. The fourth-order valence-corrected chi connectivity index (χ4v) is 4.70. The number of methoxy groups -OCH3 is 2. The smallest absolute Gasteiger partial charge is 0.273 e. The number of carbonyl (C=O) groups excluding carboxylic acids is 2. The predicted octanol–water partition coefficient (Wildman–Crippen LogP) is 4.93. The van der Waals surface area contributed by atoms with Crippen molar-refractivity contribution in [2.24, 2.45) is 0 Å². The van der Waals surface area contributed by atoms with E-state index in [4.69, 9.17) is 9.47 Å². The van der Waals surface area contributed by atoms with Gasteiger partial charge < -0.3 is 19.7 Å². The summed E-state index contributed by atoms with van der Waals surface area (Å²) in [6.45, 7) is 0.201. The number of aromatic nitrogens is 1. The number of hydrogen-bond acceptors (Lipinski definition) is 5. The van der Waals surface area contributed by atoms with Crippen molar-refractivity contribution in [1.29, 1.82) is 0 Å². The van der Waals surface area contributed by atoms with Gasteiger partial charge in [-0.2, -0.15) is 0 Å². The molecule has 2 amide bonds. The van der Waals surface area contributed by atoms with E-state index in [0.29, 0.717) is 17.1 Å². The van der Waals surface area contributed by atoms with Gasteiger partial charge in [-0.05, 0) is 60.4 Å². The highest BCUT2D eigenvalue weighted by molar-refractivity contribution is 5.96. The second-order valence-corrected chi connectivity index (χ2v) is 9.02. The number of pyridine rings is 1. The molecule has 1 aliphatic rings. The molecule has 1 atom stereocenters. The highest BCUT2D eigenvalue weighted by Crippen LogP contribution is 2.29. The minimum absolute atomic E-state index is 0.1000. The molecule has 0 spiro atoms. The molecule has 7 nitrogen and oxygen atoms in total. The van der Waals surface area contributed by atoms with E-state index in [0.717, 1.165) is 31.2 Å². The average molecular weight is 488 g/mol. The second kappa shape index (κ2) is 12.2. The summed E-state index contributed by atoms with van der Waals surface area (Å²) in [6.07, 6.45) is 6.84. The Morgan fingerprint density at radius 3 is 2.36 bits per heavy atom. The first-order chi connectivity index (χ1) is 17.6. The van der Waals surface area contributed by atoms with Crippen molar-refractivity contribution < 1.29 is 19.1 Å². The van der Waals surface area contributed by atoms with Crippen LogP contribution in [-0.4, -0.2) is 42.0 Å². The van der Waals surface area contributed by atoms with E-state index in [1.165, 1.54) is 6.42 Å². The highest BCUT2D eigenvalue weighted by Gasteiger charge is 2.34. The van der Waals surface area contributed by atoms with E-state index < -0.39 is 6.04 Å². The molecule has 3 aromatic rings. The van der Waals surface area contributed by atoms with Gasteiger partial charge in [-0.1, -0.05) is 49.6 Å². The number of amides is 2. The quantitative estimate of drug-likeness (QED) is 0.463. The summed E-state index contributed by atoms with van der Waals surface area (Å²) in [5.41, 5.74) is 1.80. The maximum Gasteiger partial charge on any atom is 0.273 e. The first-order valence-electron chi connectivity index (χ1n) is 12.4. The van der Waals surface area contributed by atoms with Crippen LogP contribution in [0.1, 0.15) is 59.8 Å².